The number of aliphatic imine (C=N–C) groups is 1. The number of hydrogen-bond acceptors (Lipinski definition) is 3. The zero-order chi connectivity index (χ0) is 9.14. The smallest absolute Gasteiger partial charge is 0.358 e. The van der Waals surface area contributed by atoms with Crippen molar-refractivity contribution in [1.29, 1.82) is 0 Å². The van der Waals surface area contributed by atoms with Gasteiger partial charge >= 0.3 is 5.82 Å². The molecule has 0 fully saturated rings. The Labute approximate surface area is 71.1 Å². The Hall–Kier alpha value is -1.19. The second kappa shape index (κ2) is 3.47. The van der Waals surface area contributed by atoms with Gasteiger partial charge in [0.05, 0.1) is 0 Å². The lowest BCUT2D eigenvalue weighted by Gasteiger charge is -1.93. The standard InChI is InChI=1S/C8H12N2O2/c1-3-6-5-7(4-2)9-8(6)10(11)12/h3-5H2,1-2H3. The number of nitrogens with zero attached hydrogens (tertiary/aromatic N) is 2. The van der Waals surface area contributed by atoms with Gasteiger partial charge in [0.15, 0.2) is 0 Å². The predicted molar refractivity (Wildman–Crippen MR) is 46.7 cm³/mol. The van der Waals surface area contributed by atoms with Crippen LogP contribution in [0.3, 0.4) is 0 Å². The van der Waals surface area contributed by atoms with Gasteiger partial charge in [-0.3, -0.25) is 0 Å². The molecule has 0 aliphatic carbocycles. The zero-order valence-corrected chi connectivity index (χ0v) is 7.33. The maximum Gasteiger partial charge on any atom is 0.362 e. The van der Waals surface area contributed by atoms with Crippen LogP contribution < -0.4 is 0 Å². The SMILES string of the molecule is CCC1=NC([N+](=O)[O-])=C(CC)C1. The largest absolute Gasteiger partial charge is 0.362 e. The van der Waals surface area contributed by atoms with Gasteiger partial charge in [0.1, 0.15) is 5.71 Å². The third-order valence-corrected chi connectivity index (χ3v) is 2.01. The first kappa shape index (κ1) is 8.90. The van der Waals surface area contributed by atoms with Crippen molar-refractivity contribution in [2.24, 2.45) is 4.99 Å². The molecule has 66 valence electrons. The maximum atomic E-state index is 10.5. The molecule has 0 unspecified atom stereocenters. The van der Waals surface area contributed by atoms with E-state index in [-0.39, 0.29) is 10.7 Å². The Bertz CT molecular complexity index is 266. The number of hydrogen-bond donors (Lipinski definition) is 0. The van der Waals surface area contributed by atoms with Crippen LogP contribution in [0.5, 0.6) is 0 Å². The van der Waals surface area contributed by atoms with Gasteiger partial charge in [-0.05, 0) is 16.3 Å². The molecule has 0 saturated carbocycles. The van der Waals surface area contributed by atoms with Crippen molar-refractivity contribution in [3.63, 3.8) is 0 Å². The first-order chi connectivity index (χ1) is 5.69. The van der Waals surface area contributed by atoms with Crippen molar-refractivity contribution < 1.29 is 4.92 Å². The molecule has 0 saturated heterocycles. The summed E-state index contributed by atoms with van der Waals surface area (Å²) in [5.41, 5.74) is 1.79. The number of rotatable bonds is 3. The Kier molecular flexibility index (Phi) is 2.58. The third kappa shape index (κ3) is 1.52. The van der Waals surface area contributed by atoms with Crippen LogP contribution in [0.4, 0.5) is 0 Å². The van der Waals surface area contributed by atoms with E-state index >= 15 is 0 Å². The number of allylic oxidation sites excluding steroid dienone is 1. The molecule has 12 heavy (non-hydrogen) atoms. The molecule has 0 radical (unpaired) electrons. The summed E-state index contributed by atoms with van der Waals surface area (Å²) >= 11 is 0. The van der Waals surface area contributed by atoms with Crippen molar-refractivity contribution >= 4 is 5.71 Å². The minimum Gasteiger partial charge on any atom is -0.358 e. The fraction of sp³-hybridized carbons (Fsp3) is 0.625. The van der Waals surface area contributed by atoms with Gasteiger partial charge in [-0.15, -0.1) is 0 Å². The highest BCUT2D eigenvalue weighted by molar-refractivity contribution is 5.89. The fourth-order valence-corrected chi connectivity index (χ4v) is 1.25. The molecular formula is C8H12N2O2. The van der Waals surface area contributed by atoms with Crippen LogP contribution in [-0.2, 0) is 0 Å². The third-order valence-electron chi connectivity index (χ3n) is 2.01. The minimum atomic E-state index is -0.387. The molecule has 0 aromatic carbocycles. The van der Waals surface area contributed by atoms with E-state index in [1.807, 2.05) is 13.8 Å². The van der Waals surface area contributed by atoms with E-state index in [0.717, 1.165) is 24.1 Å². The van der Waals surface area contributed by atoms with Crippen LogP contribution >= 0.6 is 0 Å². The summed E-state index contributed by atoms with van der Waals surface area (Å²) < 4.78 is 0. The predicted octanol–water partition coefficient (Wildman–Crippen LogP) is 2.14. The molecule has 0 spiro atoms. The number of nitro groups is 1. The molecule has 0 amide bonds. The van der Waals surface area contributed by atoms with Crippen LogP contribution in [0.25, 0.3) is 0 Å². The van der Waals surface area contributed by atoms with Crippen molar-refractivity contribution in [2.45, 2.75) is 33.1 Å². The van der Waals surface area contributed by atoms with E-state index in [1.165, 1.54) is 0 Å². The molecule has 1 rings (SSSR count). The highest BCUT2D eigenvalue weighted by Gasteiger charge is 2.25. The zero-order valence-electron chi connectivity index (χ0n) is 7.33. The second-order valence-electron chi connectivity index (χ2n) is 2.75. The molecule has 0 bridgehead atoms. The van der Waals surface area contributed by atoms with Crippen molar-refractivity contribution in [3.05, 3.63) is 21.5 Å². The summed E-state index contributed by atoms with van der Waals surface area (Å²) in [6.07, 6.45) is 2.23. The minimum absolute atomic E-state index is 0.0781. The molecule has 4 nitrogen and oxygen atoms in total. The Morgan fingerprint density at radius 1 is 1.50 bits per heavy atom. The summed E-state index contributed by atoms with van der Waals surface area (Å²) in [5.74, 6) is 0.0781. The Balaban J connectivity index is 2.87. The lowest BCUT2D eigenvalue weighted by atomic mass is 10.1. The van der Waals surface area contributed by atoms with E-state index in [0.29, 0.717) is 6.42 Å². The summed E-state index contributed by atoms with van der Waals surface area (Å²) in [7, 11) is 0. The molecule has 0 aromatic heterocycles. The molecule has 1 aliphatic rings. The van der Waals surface area contributed by atoms with Gasteiger partial charge < -0.3 is 10.1 Å². The average molecular weight is 168 g/mol. The van der Waals surface area contributed by atoms with Gasteiger partial charge in [0.2, 0.25) is 0 Å². The van der Waals surface area contributed by atoms with Gasteiger partial charge in [0, 0.05) is 18.4 Å². The quantitative estimate of drug-likeness (QED) is 0.478. The molecule has 1 heterocycles. The summed E-state index contributed by atoms with van der Waals surface area (Å²) in [5, 5.41) is 10.5. The summed E-state index contributed by atoms with van der Waals surface area (Å²) in [6.45, 7) is 3.89. The van der Waals surface area contributed by atoms with E-state index < -0.39 is 0 Å². The fourth-order valence-electron chi connectivity index (χ4n) is 1.25. The van der Waals surface area contributed by atoms with Crippen LogP contribution in [0.15, 0.2) is 16.4 Å². The van der Waals surface area contributed by atoms with Crippen molar-refractivity contribution in [1.82, 2.24) is 0 Å². The highest BCUT2D eigenvalue weighted by atomic mass is 16.6. The first-order valence-corrected chi connectivity index (χ1v) is 4.11. The second-order valence-corrected chi connectivity index (χ2v) is 2.75. The van der Waals surface area contributed by atoms with Crippen LogP contribution in [-0.4, -0.2) is 10.6 Å². The maximum absolute atomic E-state index is 10.5. The van der Waals surface area contributed by atoms with Crippen LogP contribution in [0, 0.1) is 10.1 Å². The van der Waals surface area contributed by atoms with Gasteiger partial charge in [-0.2, -0.15) is 0 Å². The van der Waals surface area contributed by atoms with E-state index in [1.54, 1.807) is 0 Å². The molecule has 0 N–H and O–H groups in total. The summed E-state index contributed by atoms with van der Waals surface area (Å²) in [4.78, 5) is 14.0. The lowest BCUT2D eigenvalue weighted by molar-refractivity contribution is -0.426. The first-order valence-electron chi connectivity index (χ1n) is 4.11. The van der Waals surface area contributed by atoms with Crippen molar-refractivity contribution in [3.8, 4) is 0 Å². The lowest BCUT2D eigenvalue weighted by Crippen LogP contribution is -1.96. The highest BCUT2D eigenvalue weighted by Crippen LogP contribution is 2.23. The van der Waals surface area contributed by atoms with Crippen molar-refractivity contribution in [2.75, 3.05) is 0 Å². The molecule has 0 atom stereocenters. The molecule has 1 aliphatic heterocycles. The van der Waals surface area contributed by atoms with Crippen LogP contribution in [0.2, 0.25) is 0 Å². The Morgan fingerprint density at radius 3 is 2.50 bits per heavy atom. The van der Waals surface area contributed by atoms with Gasteiger partial charge in [-0.1, -0.05) is 13.8 Å². The Morgan fingerprint density at radius 2 is 2.17 bits per heavy atom. The monoisotopic (exact) mass is 168 g/mol. The normalized spacial score (nSPS) is 16.7. The van der Waals surface area contributed by atoms with Crippen LogP contribution in [0.1, 0.15) is 33.1 Å². The van der Waals surface area contributed by atoms with Gasteiger partial charge in [-0.25, -0.2) is 0 Å². The average Bonchev–Trinajstić information content (AvgIpc) is 2.47. The molecule has 0 aromatic rings. The topological polar surface area (TPSA) is 55.5 Å². The molecular weight excluding hydrogens is 156 g/mol. The van der Waals surface area contributed by atoms with E-state index in [4.69, 9.17) is 0 Å². The van der Waals surface area contributed by atoms with E-state index in [9.17, 15) is 10.1 Å². The molecule has 4 heteroatoms. The van der Waals surface area contributed by atoms with Gasteiger partial charge in [0.25, 0.3) is 0 Å². The summed E-state index contributed by atoms with van der Waals surface area (Å²) in [6, 6.07) is 0. The van der Waals surface area contributed by atoms with E-state index in [2.05, 4.69) is 4.99 Å².